The number of nitrogens with one attached hydrogen (secondary N) is 2. The number of hydrogen-bond donors (Lipinski definition) is 2. The summed E-state index contributed by atoms with van der Waals surface area (Å²) in [4.78, 5) is 25.0. The Hall–Kier alpha value is -2.14. The van der Waals surface area contributed by atoms with Crippen LogP contribution >= 0.6 is 15.9 Å². The summed E-state index contributed by atoms with van der Waals surface area (Å²) in [6.45, 7) is 1.96. The van der Waals surface area contributed by atoms with Gasteiger partial charge in [-0.2, -0.15) is 0 Å². The highest BCUT2D eigenvalue weighted by atomic mass is 79.9. The highest BCUT2D eigenvalue weighted by Gasteiger charge is 2.56. The van der Waals surface area contributed by atoms with Crippen LogP contribution in [-0.4, -0.2) is 11.8 Å². The third-order valence-corrected chi connectivity index (χ3v) is 4.53. The van der Waals surface area contributed by atoms with Crippen molar-refractivity contribution in [1.82, 2.24) is 0 Å². The number of carbonyl (C=O) groups is 2. The molecule has 1 aliphatic rings. The van der Waals surface area contributed by atoms with Crippen LogP contribution in [0.25, 0.3) is 0 Å². The van der Waals surface area contributed by atoms with Crippen LogP contribution in [-0.2, 0) is 9.59 Å². The third kappa shape index (κ3) is 3.45. The maximum atomic E-state index is 12.5. The number of hydrogen-bond acceptors (Lipinski definition) is 2. The monoisotopic (exact) mass is 372 g/mol. The van der Waals surface area contributed by atoms with Gasteiger partial charge in [-0.05, 0) is 61.7 Å². The van der Waals surface area contributed by atoms with E-state index in [0.29, 0.717) is 18.5 Å². The quantitative estimate of drug-likeness (QED) is 0.793. The summed E-state index contributed by atoms with van der Waals surface area (Å²) in [6.07, 6.45) is 1.15. The van der Waals surface area contributed by atoms with Crippen molar-refractivity contribution in [1.29, 1.82) is 0 Å². The minimum absolute atomic E-state index is 0.238. The van der Waals surface area contributed by atoms with Crippen LogP contribution in [0.15, 0.2) is 53.0 Å². The number of rotatable bonds is 4. The summed E-state index contributed by atoms with van der Waals surface area (Å²) < 4.78 is 0.939. The molecule has 2 N–H and O–H groups in total. The Labute approximate surface area is 143 Å². The Bertz CT molecular complexity index is 752. The first-order valence-electron chi connectivity index (χ1n) is 7.45. The van der Waals surface area contributed by atoms with E-state index in [1.807, 2.05) is 43.3 Å². The van der Waals surface area contributed by atoms with E-state index in [9.17, 15) is 9.59 Å². The number of amides is 2. The Kier molecular flexibility index (Phi) is 4.22. The van der Waals surface area contributed by atoms with Gasteiger partial charge in [-0.1, -0.05) is 28.1 Å². The van der Waals surface area contributed by atoms with Gasteiger partial charge in [-0.3, -0.25) is 9.59 Å². The number of anilines is 2. The van der Waals surface area contributed by atoms with E-state index in [0.717, 1.165) is 15.7 Å². The second kappa shape index (κ2) is 6.16. The smallest absolute Gasteiger partial charge is 0.240 e. The predicted molar refractivity (Wildman–Crippen MR) is 94.2 cm³/mol. The van der Waals surface area contributed by atoms with E-state index in [1.165, 1.54) is 0 Å². The summed E-state index contributed by atoms with van der Waals surface area (Å²) in [5.41, 5.74) is 1.52. The maximum Gasteiger partial charge on any atom is 0.240 e. The van der Waals surface area contributed by atoms with Gasteiger partial charge in [-0.15, -0.1) is 0 Å². The third-order valence-electron chi connectivity index (χ3n) is 4.00. The molecular formula is C18H17BrN2O2. The summed E-state index contributed by atoms with van der Waals surface area (Å²) in [6, 6.07) is 14.9. The molecule has 2 aromatic carbocycles. The molecule has 3 rings (SSSR count). The van der Waals surface area contributed by atoms with Crippen LogP contribution in [0.1, 0.15) is 18.4 Å². The Balaban J connectivity index is 1.69. The molecule has 2 aromatic rings. The molecule has 118 valence electrons. The zero-order valence-electron chi connectivity index (χ0n) is 12.7. The second-order valence-electron chi connectivity index (χ2n) is 5.87. The Morgan fingerprint density at radius 3 is 2.13 bits per heavy atom. The van der Waals surface area contributed by atoms with Crippen molar-refractivity contribution < 1.29 is 9.59 Å². The lowest BCUT2D eigenvalue weighted by molar-refractivity contribution is -0.131. The van der Waals surface area contributed by atoms with Gasteiger partial charge in [0, 0.05) is 15.8 Å². The van der Waals surface area contributed by atoms with Gasteiger partial charge < -0.3 is 10.6 Å². The van der Waals surface area contributed by atoms with Crippen LogP contribution in [0.3, 0.4) is 0 Å². The first-order chi connectivity index (χ1) is 11.0. The maximum absolute atomic E-state index is 12.5. The van der Waals surface area contributed by atoms with Gasteiger partial charge in [0.1, 0.15) is 5.41 Å². The molecule has 0 radical (unpaired) electrons. The average molecular weight is 373 g/mol. The summed E-state index contributed by atoms with van der Waals surface area (Å²) in [5, 5.41) is 5.68. The van der Waals surface area contributed by atoms with Crippen molar-refractivity contribution >= 4 is 39.1 Å². The lowest BCUT2D eigenvalue weighted by Crippen LogP contribution is -2.35. The van der Waals surface area contributed by atoms with E-state index in [-0.39, 0.29) is 11.8 Å². The fraction of sp³-hybridized carbons (Fsp3) is 0.222. The predicted octanol–water partition coefficient (Wildman–Crippen LogP) is 4.11. The molecule has 0 heterocycles. The molecule has 0 bridgehead atoms. The second-order valence-corrected chi connectivity index (χ2v) is 6.78. The standard InChI is InChI=1S/C18H17BrN2O2/c1-12-3-2-4-15(11-12)21-17(23)18(9-10-18)16(22)20-14-7-5-13(19)6-8-14/h2-8,11H,9-10H2,1H3,(H,20,22)(H,21,23). The van der Waals surface area contributed by atoms with E-state index >= 15 is 0 Å². The zero-order valence-corrected chi connectivity index (χ0v) is 14.3. The lowest BCUT2D eigenvalue weighted by atomic mass is 10.0. The zero-order chi connectivity index (χ0) is 16.4. The number of carbonyl (C=O) groups excluding carboxylic acids is 2. The van der Waals surface area contributed by atoms with Crippen molar-refractivity contribution in [3.05, 3.63) is 58.6 Å². The van der Waals surface area contributed by atoms with E-state index < -0.39 is 5.41 Å². The van der Waals surface area contributed by atoms with Crippen LogP contribution in [0.5, 0.6) is 0 Å². The van der Waals surface area contributed by atoms with Crippen LogP contribution in [0, 0.1) is 12.3 Å². The first kappa shape index (κ1) is 15.7. The van der Waals surface area contributed by atoms with Gasteiger partial charge in [0.25, 0.3) is 0 Å². The molecule has 0 unspecified atom stereocenters. The minimum atomic E-state index is -0.948. The molecule has 0 aliphatic heterocycles. The van der Waals surface area contributed by atoms with Crippen molar-refractivity contribution in [2.45, 2.75) is 19.8 Å². The highest BCUT2D eigenvalue weighted by molar-refractivity contribution is 9.10. The largest absolute Gasteiger partial charge is 0.325 e. The highest BCUT2D eigenvalue weighted by Crippen LogP contribution is 2.47. The molecule has 0 spiro atoms. The number of halogens is 1. The molecule has 0 atom stereocenters. The van der Waals surface area contributed by atoms with Crippen LogP contribution < -0.4 is 10.6 Å². The SMILES string of the molecule is Cc1cccc(NC(=O)C2(C(=O)Nc3ccc(Br)cc3)CC2)c1. The minimum Gasteiger partial charge on any atom is -0.325 e. The van der Waals surface area contributed by atoms with Gasteiger partial charge in [0.2, 0.25) is 11.8 Å². The molecule has 0 aromatic heterocycles. The Morgan fingerprint density at radius 2 is 1.57 bits per heavy atom. The van der Waals surface area contributed by atoms with Crippen LogP contribution in [0.4, 0.5) is 11.4 Å². The molecule has 2 amide bonds. The fourth-order valence-corrected chi connectivity index (χ4v) is 2.70. The first-order valence-corrected chi connectivity index (χ1v) is 8.24. The summed E-state index contributed by atoms with van der Waals surface area (Å²) in [7, 11) is 0. The molecule has 1 aliphatic carbocycles. The molecule has 4 nitrogen and oxygen atoms in total. The number of benzene rings is 2. The molecule has 23 heavy (non-hydrogen) atoms. The molecule has 1 saturated carbocycles. The number of aryl methyl sites for hydroxylation is 1. The van der Waals surface area contributed by atoms with E-state index in [2.05, 4.69) is 26.6 Å². The molecule has 5 heteroatoms. The van der Waals surface area contributed by atoms with Crippen molar-refractivity contribution in [3.8, 4) is 0 Å². The van der Waals surface area contributed by atoms with E-state index in [1.54, 1.807) is 12.1 Å². The fourth-order valence-electron chi connectivity index (χ4n) is 2.44. The average Bonchev–Trinajstić information content (AvgIpc) is 3.31. The van der Waals surface area contributed by atoms with Gasteiger partial charge in [0.15, 0.2) is 0 Å². The Morgan fingerprint density at radius 1 is 0.957 bits per heavy atom. The summed E-state index contributed by atoms with van der Waals surface area (Å²) >= 11 is 3.35. The van der Waals surface area contributed by atoms with Gasteiger partial charge in [0.05, 0.1) is 0 Å². The van der Waals surface area contributed by atoms with Gasteiger partial charge in [-0.25, -0.2) is 0 Å². The van der Waals surface area contributed by atoms with Crippen molar-refractivity contribution in [2.24, 2.45) is 5.41 Å². The van der Waals surface area contributed by atoms with Crippen molar-refractivity contribution in [3.63, 3.8) is 0 Å². The van der Waals surface area contributed by atoms with Crippen molar-refractivity contribution in [2.75, 3.05) is 10.6 Å². The molecule has 0 saturated heterocycles. The summed E-state index contributed by atoms with van der Waals surface area (Å²) in [5.74, 6) is -0.484. The molecular weight excluding hydrogens is 356 g/mol. The normalized spacial score (nSPS) is 14.9. The lowest BCUT2D eigenvalue weighted by Gasteiger charge is -2.15. The van der Waals surface area contributed by atoms with E-state index in [4.69, 9.17) is 0 Å². The van der Waals surface area contributed by atoms with Crippen LogP contribution in [0.2, 0.25) is 0 Å². The van der Waals surface area contributed by atoms with Gasteiger partial charge >= 0.3 is 0 Å². The molecule has 1 fully saturated rings. The topological polar surface area (TPSA) is 58.2 Å².